The minimum Gasteiger partial charge on any atom is -0.476 e. The summed E-state index contributed by atoms with van der Waals surface area (Å²) in [6, 6.07) is 9.83. The lowest BCUT2D eigenvalue weighted by Crippen LogP contribution is -2.27. The molecule has 0 saturated heterocycles. The van der Waals surface area contributed by atoms with Gasteiger partial charge in [0, 0.05) is 19.6 Å². The van der Waals surface area contributed by atoms with E-state index in [0.29, 0.717) is 25.3 Å². The van der Waals surface area contributed by atoms with Gasteiger partial charge in [-0.15, -0.1) is 0 Å². The molecule has 0 atom stereocenters. The Kier molecular flexibility index (Phi) is 4.86. The second-order valence-corrected chi connectivity index (χ2v) is 4.45. The predicted molar refractivity (Wildman–Crippen MR) is 73.2 cm³/mol. The quantitative estimate of drug-likeness (QED) is 0.704. The van der Waals surface area contributed by atoms with E-state index in [9.17, 15) is 4.79 Å². The summed E-state index contributed by atoms with van der Waals surface area (Å²) in [6.07, 6.45) is 1.37. The Morgan fingerprint density at radius 2 is 2.00 bits per heavy atom. The van der Waals surface area contributed by atoms with Crippen molar-refractivity contribution >= 4 is 5.97 Å². The standard InChI is InChI=1S/C14H17N3O3/c18-7-6-17(8-11-4-2-1-3-5-11)9-12-13(14(19)20)16-10-15-12/h1-5,10,18H,6-9H2,(H,15,16)(H,19,20). The van der Waals surface area contributed by atoms with E-state index in [1.807, 2.05) is 35.2 Å². The second kappa shape index (κ2) is 6.83. The van der Waals surface area contributed by atoms with Crippen LogP contribution in [0.1, 0.15) is 21.7 Å². The van der Waals surface area contributed by atoms with Crippen molar-refractivity contribution in [3.8, 4) is 0 Å². The van der Waals surface area contributed by atoms with Crippen LogP contribution in [0.2, 0.25) is 0 Å². The van der Waals surface area contributed by atoms with Crippen molar-refractivity contribution < 1.29 is 15.0 Å². The minimum absolute atomic E-state index is 0.0172. The Labute approximate surface area is 116 Å². The third-order valence-electron chi connectivity index (χ3n) is 2.97. The van der Waals surface area contributed by atoms with Crippen molar-refractivity contribution in [1.82, 2.24) is 14.9 Å². The molecule has 0 aliphatic heterocycles. The lowest BCUT2D eigenvalue weighted by molar-refractivity contribution is 0.0688. The number of hydrogen-bond acceptors (Lipinski definition) is 4. The SMILES string of the molecule is O=C(O)c1nc[nH]c1CN(CCO)Cc1ccccc1. The molecule has 0 fully saturated rings. The molecule has 106 valence electrons. The summed E-state index contributed by atoms with van der Waals surface area (Å²) >= 11 is 0. The molecule has 0 aliphatic rings. The van der Waals surface area contributed by atoms with Crippen molar-refractivity contribution in [3.05, 3.63) is 53.6 Å². The Balaban J connectivity index is 2.09. The maximum Gasteiger partial charge on any atom is 0.356 e. The minimum atomic E-state index is -1.05. The van der Waals surface area contributed by atoms with Gasteiger partial charge < -0.3 is 15.2 Å². The summed E-state index contributed by atoms with van der Waals surface area (Å²) < 4.78 is 0. The van der Waals surface area contributed by atoms with Crippen LogP contribution >= 0.6 is 0 Å². The molecule has 1 aromatic carbocycles. The number of carbonyl (C=O) groups is 1. The summed E-state index contributed by atoms with van der Waals surface area (Å²) in [5.41, 5.74) is 1.68. The third-order valence-corrected chi connectivity index (χ3v) is 2.97. The van der Waals surface area contributed by atoms with Gasteiger partial charge in [-0.05, 0) is 5.56 Å². The van der Waals surface area contributed by atoms with E-state index in [2.05, 4.69) is 9.97 Å². The van der Waals surface area contributed by atoms with Crippen LogP contribution in [0.5, 0.6) is 0 Å². The molecule has 2 rings (SSSR count). The molecule has 0 aliphatic carbocycles. The van der Waals surface area contributed by atoms with E-state index in [1.165, 1.54) is 6.33 Å². The van der Waals surface area contributed by atoms with Gasteiger partial charge in [0.15, 0.2) is 5.69 Å². The third kappa shape index (κ3) is 3.66. The smallest absolute Gasteiger partial charge is 0.356 e. The van der Waals surface area contributed by atoms with Crippen LogP contribution in [-0.4, -0.2) is 44.2 Å². The molecule has 2 aromatic rings. The maximum atomic E-state index is 11.0. The summed E-state index contributed by atoms with van der Waals surface area (Å²) in [7, 11) is 0. The predicted octanol–water partition coefficient (Wildman–Crippen LogP) is 1.10. The van der Waals surface area contributed by atoms with Crippen LogP contribution in [0.15, 0.2) is 36.7 Å². The van der Waals surface area contributed by atoms with Crippen LogP contribution in [0, 0.1) is 0 Å². The highest BCUT2D eigenvalue weighted by atomic mass is 16.4. The van der Waals surface area contributed by atoms with E-state index in [1.54, 1.807) is 0 Å². The first kappa shape index (κ1) is 14.2. The highest BCUT2D eigenvalue weighted by Crippen LogP contribution is 2.11. The molecule has 0 bridgehead atoms. The van der Waals surface area contributed by atoms with Gasteiger partial charge in [-0.3, -0.25) is 4.90 Å². The number of imidazole rings is 1. The lowest BCUT2D eigenvalue weighted by atomic mass is 10.2. The van der Waals surface area contributed by atoms with E-state index < -0.39 is 5.97 Å². The molecule has 1 aromatic heterocycles. The molecular weight excluding hydrogens is 258 g/mol. The van der Waals surface area contributed by atoms with Gasteiger partial charge in [-0.2, -0.15) is 0 Å². The lowest BCUT2D eigenvalue weighted by Gasteiger charge is -2.20. The Bertz CT molecular complexity index is 554. The van der Waals surface area contributed by atoms with E-state index in [0.717, 1.165) is 5.56 Å². The Morgan fingerprint density at radius 1 is 1.25 bits per heavy atom. The van der Waals surface area contributed by atoms with Crippen molar-refractivity contribution in [1.29, 1.82) is 0 Å². The number of H-pyrrole nitrogens is 1. The summed E-state index contributed by atoms with van der Waals surface area (Å²) in [5, 5.41) is 18.2. The zero-order chi connectivity index (χ0) is 14.4. The van der Waals surface area contributed by atoms with Crippen LogP contribution in [0.25, 0.3) is 0 Å². The van der Waals surface area contributed by atoms with Gasteiger partial charge in [0.1, 0.15) is 0 Å². The molecular formula is C14H17N3O3. The zero-order valence-corrected chi connectivity index (χ0v) is 11.0. The summed E-state index contributed by atoms with van der Waals surface area (Å²) in [6.45, 7) is 1.52. The molecule has 0 radical (unpaired) electrons. The zero-order valence-electron chi connectivity index (χ0n) is 11.0. The van der Waals surface area contributed by atoms with Crippen LogP contribution in [-0.2, 0) is 13.1 Å². The van der Waals surface area contributed by atoms with Gasteiger partial charge >= 0.3 is 5.97 Å². The highest BCUT2D eigenvalue weighted by Gasteiger charge is 2.16. The fourth-order valence-electron chi connectivity index (χ4n) is 2.05. The molecule has 1 heterocycles. The van der Waals surface area contributed by atoms with Gasteiger partial charge in [0.2, 0.25) is 0 Å². The average Bonchev–Trinajstić information content (AvgIpc) is 2.88. The highest BCUT2D eigenvalue weighted by molar-refractivity contribution is 5.86. The fraction of sp³-hybridized carbons (Fsp3) is 0.286. The van der Waals surface area contributed by atoms with Crippen molar-refractivity contribution in [2.45, 2.75) is 13.1 Å². The number of aromatic amines is 1. The molecule has 0 saturated carbocycles. The fourth-order valence-corrected chi connectivity index (χ4v) is 2.05. The summed E-state index contributed by atoms with van der Waals surface area (Å²) in [4.78, 5) is 19.6. The number of benzene rings is 1. The number of aliphatic hydroxyl groups is 1. The molecule has 6 nitrogen and oxygen atoms in total. The van der Waals surface area contributed by atoms with Gasteiger partial charge in [0.25, 0.3) is 0 Å². The Hall–Kier alpha value is -2.18. The van der Waals surface area contributed by atoms with Crippen LogP contribution < -0.4 is 0 Å². The van der Waals surface area contributed by atoms with Gasteiger partial charge in [-0.25, -0.2) is 9.78 Å². The first-order chi connectivity index (χ1) is 9.70. The van der Waals surface area contributed by atoms with Gasteiger partial charge in [-0.1, -0.05) is 30.3 Å². The van der Waals surface area contributed by atoms with Crippen LogP contribution in [0.3, 0.4) is 0 Å². The van der Waals surface area contributed by atoms with Crippen molar-refractivity contribution in [2.24, 2.45) is 0 Å². The molecule has 3 N–H and O–H groups in total. The largest absolute Gasteiger partial charge is 0.476 e. The van der Waals surface area contributed by atoms with Crippen LogP contribution in [0.4, 0.5) is 0 Å². The van der Waals surface area contributed by atoms with E-state index in [-0.39, 0.29) is 12.3 Å². The number of aromatic carboxylic acids is 1. The van der Waals surface area contributed by atoms with Crippen molar-refractivity contribution in [2.75, 3.05) is 13.2 Å². The maximum absolute atomic E-state index is 11.0. The number of nitrogens with zero attached hydrogens (tertiary/aromatic N) is 2. The number of carboxylic acids is 1. The second-order valence-electron chi connectivity index (χ2n) is 4.45. The number of hydrogen-bond donors (Lipinski definition) is 3. The molecule has 0 unspecified atom stereocenters. The molecule has 0 spiro atoms. The van der Waals surface area contributed by atoms with E-state index >= 15 is 0 Å². The normalized spacial score (nSPS) is 10.9. The number of rotatable bonds is 7. The number of nitrogens with one attached hydrogen (secondary N) is 1. The summed E-state index contributed by atoms with van der Waals surface area (Å²) in [5.74, 6) is -1.05. The monoisotopic (exact) mass is 275 g/mol. The molecule has 6 heteroatoms. The molecule has 0 amide bonds. The Morgan fingerprint density at radius 3 is 2.65 bits per heavy atom. The number of carboxylic acid groups (broad SMARTS) is 1. The van der Waals surface area contributed by atoms with E-state index in [4.69, 9.17) is 10.2 Å². The first-order valence-corrected chi connectivity index (χ1v) is 6.33. The average molecular weight is 275 g/mol. The topological polar surface area (TPSA) is 89.4 Å². The first-order valence-electron chi connectivity index (χ1n) is 6.33. The molecule has 20 heavy (non-hydrogen) atoms. The number of aliphatic hydroxyl groups excluding tert-OH is 1. The van der Waals surface area contributed by atoms with Crippen molar-refractivity contribution in [3.63, 3.8) is 0 Å². The van der Waals surface area contributed by atoms with Gasteiger partial charge in [0.05, 0.1) is 18.6 Å². The number of aromatic nitrogens is 2.